The van der Waals surface area contributed by atoms with Gasteiger partial charge in [-0.15, -0.1) is 0 Å². The summed E-state index contributed by atoms with van der Waals surface area (Å²) in [5.74, 6) is 1.09. The van der Waals surface area contributed by atoms with Gasteiger partial charge in [0.15, 0.2) is 0 Å². The van der Waals surface area contributed by atoms with E-state index in [-0.39, 0.29) is 5.91 Å². The first kappa shape index (κ1) is 14.8. The van der Waals surface area contributed by atoms with Gasteiger partial charge in [-0.3, -0.25) is 9.78 Å². The van der Waals surface area contributed by atoms with Crippen LogP contribution in [0.1, 0.15) is 29.8 Å². The van der Waals surface area contributed by atoms with Gasteiger partial charge in [0.25, 0.3) is 5.91 Å². The smallest absolute Gasteiger partial charge is 0.269 e. The zero-order chi connectivity index (χ0) is 13.2. The topological polar surface area (TPSA) is 54.0 Å². The summed E-state index contributed by atoms with van der Waals surface area (Å²) < 4.78 is 0. The Morgan fingerprint density at radius 1 is 1.39 bits per heavy atom. The number of carbonyl (C=O) groups excluding carboxylic acids is 1. The zero-order valence-electron chi connectivity index (χ0n) is 11.0. The fraction of sp³-hybridized carbons (Fsp3) is 0.538. The van der Waals surface area contributed by atoms with Gasteiger partial charge in [0.05, 0.1) is 0 Å². The van der Waals surface area contributed by atoms with Gasteiger partial charge in [0.1, 0.15) is 5.69 Å². The van der Waals surface area contributed by atoms with Crippen molar-refractivity contribution in [3.8, 4) is 0 Å². The van der Waals surface area contributed by atoms with Crippen molar-refractivity contribution in [3.05, 3.63) is 24.0 Å². The molecule has 0 atom stereocenters. The first-order valence-corrected chi connectivity index (χ1v) is 7.58. The molecule has 5 heteroatoms. The molecular formula is C13H21N3OS. The number of nitrogens with zero attached hydrogens (tertiary/aromatic N) is 1. The van der Waals surface area contributed by atoms with Crippen molar-refractivity contribution in [2.45, 2.75) is 19.3 Å². The van der Waals surface area contributed by atoms with Gasteiger partial charge in [-0.1, -0.05) is 6.42 Å². The van der Waals surface area contributed by atoms with Crippen molar-refractivity contribution < 1.29 is 4.79 Å². The van der Waals surface area contributed by atoms with Crippen LogP contribution in [-0.4, -0.2) is 36.5 Å². The number of rotatable bonds is 8. The molecule has 0 aliphatic carbocycles. The number of anilines is 1. The zero-order valence-corrected chi connectivity index (χ0v) is 11.8. The predicted molar refractivity (Wildman–Crippen MR) is 78.3 cm³/mol. The van der Waals surface area contributed by atoms with Crippen LogP contribution in [-0.2, 0) is 0 Å². The predicted octanol–water partition coefficient (Wildman–Crippen LogP) is 2.39. The summed E-state index contributed by atoms with van der Waals surface area (Å²) in [7, 11) is 1.82. The van der Waals surface area contributed by atoms with Crippen molar-refractivity contribution in [2.75, 3.05) is 30.9 Å². The molecule has 0 fully saturated rings. The number of nitrogens with one attached hydrogen (secondary N) is 2. The molecule has 0 radical (unpaired) electrons. The van der Waals surface area contributed by atoms with Gasteiger partial charge >= 0.3 is 0 Å². The Kier molecular flexibility index (Phi) is 7.25. The third-order valence-electron chi connectivity index (χ3n) is 2.59. The second-order valence-electron chi connectivity index (χ2n) is 3.99. The summed E-state index contributed by atoms with van der Waals surface area (Å²) in [4.78, 5) is 15.9. The van der Waals surface area contributed by atoms with E-state index in [0.717, 1.165) is 25.1 Å². The van der Waals surface area contributed by atoms with Crippen LogP contribution in [0.3, 0.4) is 0 Å². The van der Waals surface area contributed by atoms with Crippen molar-refractivity contribution in [2.24, 2.45) is 0 Å². The average Bonchev–Trinajstić information content (AvgIpc) is 2.42. The third-order valence-corrected chi connectivity index (χ3v) is 3.29. The lowest BCUT2D eigenvalue weighted by Gasteiger charge is -2.06. The molecule has 0 aromatic carbocycles. The molecular weight excluding hydrogens is 246 g/mol. The molecule has 0 bridgehead atoms. The van der Waals surface area contributed by atoms with Crippen LogP contribution < -0.4 is 10.6 Å². The number of hydrogen-bond acceptors (Lipinski definition) is 4. The van der Waals surface area contributed by atoms with Crippen molar-refractivity contribution >= 4 is 23.4 Å². The van der Waals surface area contributed by atoms with E-state index in [4.69, 9.17) is 0 Å². The molecule has 0 unspecified atom stereocenters. The normalized spacial score (nSPS) is 10.1. The van der Waals surface area contributed by atoms with Crippen LogP contribution in [0.2, 0.25) is 0 Å². The molecule has 0 spiro atoms. The molecule has 18 heavy (non-hydrogen) atoms. The summed E-state index contributed by atoms with van der Waals surface area (Å²) >= 11 is 1.86. The number of pyridine rings is 1. The van der Waals surface area contributed by atoms with E-state index in [0.29, 0.717) is 5.69 Å². The maximum Gasteiger partial charge on any atom is 0.269 e. The van der Waals surface area contributed by atoms with E-state index in [1.807, 2.05) is 24.9 Å². The lowest BCUT2D eigenvalue weighted by molar-refractivity contribution is 0.0948. The Morgan fingerprint density at radius 2 is 2.22 bits per heavy atom. The maximum atomic E-state index is 11.8. The van der Waals surface area contributed by atoms with E-state index in [9.17, 15) is 4.79 Å². The number of thioether (sulfide) groups is 1. The minimum atomic E-state index is -0.100. The molecule has 0 aliphatic rings. The monoisotopic (exact) mass is 267 g/mol. The largest absolute Gasteiger partial charge is 0.388 e. The van der Waals surface area contributed by atoms with E-state index in [1.54, 1.807) is 12.3 Å². The highest BCUT2D eigenvalue weighted by Crippen LogP contribution is 2.06. The molecule has 1 amide bonds. The first-order valence-electron chi connectivity index (χ1n) is 6.19. The maximum absolute atomic E-state index is 11.8. The van der Waals surface area contributed by atoms with Gasteiger partial charge in [-0.25, -0.2) is 0 Å². The number of unbranched alkanes of at least 4 members (excludes halogenated alkanes) is 2. The summed E-state index contributed by atoms with van der Waals surface area (Å²) in [6.07, 6.45) is 7.15. The van der Waals surface area contributed by atoms with E-state index in [2.05, 4.69) is 21.9 Å². The van der Waals surface area contributed by atoms with Crippen LogP contribution >= 0.6 is 11.8 Å². The highest BCUT2D eigenvalue weighted by molar-refractivity contribution is 7.98. The molecule has 0 aliphatic heterocycles. The lowest BCUT2D eigenvalue weighted by Crippen LogP contribution is -2.25. The Hall–Kier alpha value is -1.23. The number of carbonyl (C=O) groups is 1. The highest BCUT2D eigenvalue weighted by Gasteiger charge is 2.06. The number of hydrogen-bond donors (Lipinski definition) is 2. The SMILES string of the molecule is CNc1ccnc(C(=O)NCCCCCSC)c1. The molecule has 1 rings (SSSR count). The van der Waals surface area contributed by atoms with E-state index < -0.39 is 0 Å². The van der Waals surface area contributed by atoms with Crippen molar-refractivity contribution in [3.63, 3.8) is 0 Å². The van der Waals surface area contributed by atoms with Crippen molar-refractivity contribution in [1.29, 1.82) is 0 Å². The summed E-state index contributed by atoms with van der Waals surface area (Å²) in [5, 5.41) is 5.88. The Labute approximate surface area is 113 Å². The summed E-state index contributed by atoms with van der Waals surface area (Å²) in [5.41, 5.74) is 1.36. The van der Waals surface area contributed by atoms with Gasteiger partial charge < -0.3 is 10.6 Å². The van der Waals surface area contributed by atoms with E-state index in [1.165, 1.54) is 12.2 Å². The van der Waals surface area contributed by atoms with Crippen molar-refractivity contribution in [1.82, 2.24) is 10.3 Å². The van der Waals surface area contributed by atoms with Gasteiger partial charge in [0.2, 0.25) is 0 Å². The van der Waals surface area contributed by atoms with Gasteiger partial charge in [-0.05, 0) is 37.0 Å². The Bertz CT molecular complexity index is 371. The number of amides is 1. The van der Waals surface area contributed by atoms with E-state index >= 15 is 0 Å². The summed E-state index contributed by atoms with van der Waals surface area (Å²) in [6.45, 7) is 0.721. The first-order chi connectivity index (χ1) is 8.77. The Balaban J connectivity index is 2.27. The molecule has 0 saturated heterocycles. The molecule has 2 N–H and O–H groups in total. The molecule has 100 valence electrons. The second-order valence-corrected chi connectivity index (χ2v) is 4.97. The average molecular weight is 267 g/mol. The van der Waals surface area contributed by atoms with Gasteiger partial charge in [-0.2, -0.15) is 11.8 Å². The quantitative estimate of drug-likeness (QED) is 0.710. The van der Waals surface area contributed by atoms with Crippen LogP contribution in [0.5, 0.6) is 0 Å². The van der Waals surface area contributed by atoms with Crippen LogP contribution in [0.4, 0.5) is 5.69 Å². The minimum Gasteiger partial charge on any atom is -0.388 e. The molecule has 4 nitrogen and oxygen atoms in total. The van der Waals surface area contributed by atoms with Crippen LogP contribution in [0, 0.1) is 0 Å². The third kappa shape index (κ3) is 5.40. The standard InChI is InChI=1S/C13H21N3OS/c1-14-11-6-8-15-12(10-11)13(17)16-7-4-3-5-9-18-2/h6,8,10H,3-5,7,9H2,1-2H3,(H,14,15)(H,16,17). The van der Waals surface area contributed by atoms with Crippen LogP contribution in [0.25, 0.3) is 0 Å². The Morgan fingerprint density at radius 3 is 2.94 bits per heavy atom. The second kappa shape index (κ2) is 8.80. The molecule has 0 saturated carbocycles. The summed E-state index contributed by atoms with van der Waals surface area (Å²) in [6, 6.07) is 3.59. The molecule has 1 aromatic rings. The molecule has 1 aromatic heterocycles. The number of aromatic nitrogens is 1. The highest BCUT2D eigenvalue weighted by atomic mass is 32.2. The fourth-order valence-electron chi connectivity index (χ4n) is 1.55. The minimum absolute atomic E-state index is 0.100. The lowest BCUT2D eigenvalue weighted by atomic mass is 10.2. The fourth-order valence-corrected chi connectivity index (χ4v) is 2.04. The molecule has 1 heterocycles. The van der Waals surface area contributed by atoms with Gasteiger partial charge in [0, 0.05) is 25.5 Å². The van der Waals surface area contributed by atoms with Crippen LogP contribution in [0.15, 0.2) is 18.3 Å².